The number of ether oxygens (including phenoxy) is 1. The number of nitrogens with one attached hydrogen (secondary N) is 1. The molecule has 4 heterocycles. The molecule has 1 aliphatic rings. The number of rotatable bonds is 6. The Balaban J connectivity index is 1.61. The normalized spacial score (nSPS) is 19.0. The number of aryl methyl sites for hydroxylation is 1. The van der Waals surface area contributed by atoms with Crippen molar-refractivity contribution in [1.29, 1.82) is 0 Å². The van der Waals surface area contributed by atoms with E-state index < -0.39 is 37.2 Å². The fourth-order valence-electron chi connectivity index (χ4n) is 4.23. The molecule has 34 heavy (non-hydrogen) atoms. The first-order valence-electron chi connectivity index (χ1n) is 11.1. The third-order valence-electron chi connectivity index (χ3n) is 5.86. The van der Waals surface area contributed by atoms with Crippen molar-refractivity contribution < 1.29 is 23.7 Å². The number of likely N-dealkylation sites (tertiary alicyclic amines) is 1. The van der Waals surface area contributed by atoms with E-state index >= 15 is 4.39 Å². The average Bonchev–Trinajstić information content (AvgIpc) is 3.33. The summed E-state index contributed by atoms with van der Waals surface area (Å²) in [5, 5.41) is 14.6. The molecule has 3 aromatic heterocycles. The zero-order chi connectivity index (χ0) is 24.9. The minimum Gasteiger partial charge on any atom is -0.479 e. The number of hydrogen-bond donors (Lipinski definition) is 1. The van der Waals surface area contributed by atoms with Gasteiger partial charge in [0.05, 0.1) is 44.9 Å². The Labute approximate surface area is 192 Å². The summed E-state index contributed by atoms with van der Waals surface area (Å²) in [4.78, 5) is 5.73. The molecule has 1 saturated heterocycles. The van der Waals surface area contributed by atoms with Gasteiger partial charge in [0.2, 0.25) is 11.8 Å². The highest BCUT2D eigenvalue weighted by Crippen LogP contribution is 2.36. The van der Waals surface area contributed by atoms with Gasteiger partial charge in [-0.3, -0.25) is 0 Å². The standard InChI is InChI=1S/C21H22F4N8O/c1-31-7-5-16(21(24,25)11-31)26-20-27-19(34-2)18-17(13(23)10-33(18)29-20)12-3-4-14-15(9-12)32(8-6-22)30-28-14/h3-4,9-10,16H,5-8,11H2,1-2H3,(H,26,29)/t16-/m1/s1/i10D. The van der Waals surface area contributed by atoms with Gasteiger partial charge in [0, 0.05) is 6.54 Å². The third kappa shape index (κ3) is 3.79. The fourth-order valence-corrected chi connectivity index (χ4v) is 4.23. The quantitative estimate of drug-likeness (QED) is 0.426. The van der Waals surface area contributed by atoms with Crippen LogP contribution in [0.15, 0.2) is 24.4 Å². The van der Waals surface area contributed by atoms with Crippen LogP contribution in [-0.2, 0) is 6.54 Å². The van der Waals surface area contributed by atoms with Crippen molar-refractivity contribution in [1.82, 2.24) is 34.5 Å². The maximum atomic E-state index is 15.4. The highest BCUT2D eigenvalue weighted by atomic mass is 19.3. The summed E-state index contributed by atoms with van der Waals surface area (Å²) in [6, 6.07) is 3.53. The molecule has 1 atom stereocenters. The molecule has 1 fully saturated rings. The van der Waals surface area contributed by atoms with Crippen molar-refractivity contribution in [2.45, 2.75) is 24.9 Å². The first-order chi connectivity index (χ1) is 16.7. The molecule has 13 heteroatoms. The summed E-state index contributed by atoms with van der Waals surface area (Å²) in [5.74, 6) is -4.24. The first kappa shape index (κ1) is 21.1. The Morgan fingerprint density at radius 2 is 2.18 bits per heavy atom. The monoisotopic (exact) mass is 479 g/mol. The summed E-state index contributed by atoms with van der Waals surface area (Å²) in [6.45, 7) is -0.649. The SMILES string of the molecule is [2H]c1c(F)c(-c2ccc3nnn(CCF)c3c2)c2c(OC)nc(N[C@@H]3CCN(C)CC3(F)F)nn12. The van der Waals surface area contributed by atoms with Crippen molar-refractivity contribution in [2.24, 2.45) is 0 Å². The van der Waals surface area contributed by atoms with Gasteiger partial charge in [-0.25, -0.2) is 26.8 Å². The lowest BCUT2D eigenvalue weighted by molar-refractivity contribution is -0.0675. The van der Waals surface area contributed by atoms with Crippen LogP contribution in [0.1, 0.15) is 7.79 Å². The van der Waals surface area contributed by atoms with Crippen molar-refractivity contribution >= 4 is 22.5 Å². The fraction of sp³-hybridized carbons (Fsp3) is 0.429. The van der Waals surface area contributed by atoms with Crippen LogP contribution in [0, 0.1) is 5.82 Å². The summed E-state index contributed by atoms with van der Waals surface area (Å²) < 4.78 is 73.3. The van der Waals surface area contributed by atoms with Crippen molar-refractivity contribution in [3.05, 3.63) is 30.2 Å². The number of hydrogen-bond acceptors (Lipinski definition) is 7. The maximum absolute atomic E-state index is 15.4. The molecule has 0 saturated carbocycles. The second kappa shape index (κ2) is 8.38. The van der Waals surface area contributed by atoms with E-state index in [4.69, 9.17) is 6.11 Å². The first-order valence-corrected chi connectivity index (χ1v) is 10.6. The molecule has 1 aliphatic heterocycles. The highest BCUT2D eigenvalue weighted by Gasteiger charge is 2.44. The van der Waals surface area contributed by atoms with Crippen LogP contribution in [-0.4, -0.2) is 80.4 Å². The molecular formula is C21H22F4N8O. The van der Waals surface area contributed by atoms with Crippen molar-refractivity contribution in [3.8, 4) is 17.0 Å². The number of nitrogens with zero attached hydrogens (tertiary/aromatic N) is 7. The van der Waals surface area contributed by atoms with Gasteiger partial charge in [0.1, 0.15) is 17.7 Å². The van der Waals surface area contributed by atoms with E-state index in [1.165, 1.54) is 16.7 Å². The molecular weight excluding hydrogens is 456 g/mol. The molecule has 0 radical (unpaired) electrons. The predicted molar refractivity (Wildman–Crippen MR) is 116 cm³/mol. The lowest BCUT2D eigenvalue weighted by Gasteiger charge is -2.36. The Hall–Kier alpha value is -3.48. The Morgan fingerprint density at radius 3 is 2.91 bits per heavy atom. The van der Waals surface area contributed by atoms with E-state index in [-0.39, 0.29) is 35.9 Å². The van der Waals surface area contributed by atoms with Gasteiger partial charge in [0.25, 0.3) is 5.92 Å². The Morgan fingerprint density at radius 1 is 1.35 bits per heavy atom. The van der Waals surface area contributed by atoms with Gasteiger partial charge >= 0.3 is 0 Å². The Bertz CT molecular complexity index is 1410. The molecule has 9 nitrogen and oxygen atoms in total. The van der Waals surface area contributed by atoms with E-state index in [2.05, 4.69) is 25.7 Å². The number of methoxy groups -OCH3 is 1. The molecule has 0 bridgehead atoms. The number of alkyl halides is 3. The topological polar surface area (TPSA) is 85.4 Å². The number of aromatic nitrogens is 6. The molecule has 0 unspecified atom stereocenters. The summed E-state index contributed by atoms with van der Waals surface area (Å²) in [6.07, 6.45) is -0.447. The van der Waals surface area contributed by atoms with Gasteiger partial charge in [0.15, 0.2) is 5.82 Å². The molecule has 0 aliphatic carbocycles. The minimum atomic E-state index is -3.04. The van der Waals surface area contributed by atoms with E-state index in [1.54, 1.807) is 25.2 Å². The summed E-state index contributed by atoms with van der Waals surface area (Å²) in [7, 11) is 2.92. The third-order valence-corrected chi connectivity index (χ3v) is 5.86. The largest absolute Gasteiger partial charge is 0.479 e. The molecule has 0 amide bonds. The number of halogens is 4. The lowest BCUT2D eigenvalue weighted by atomic mass is 10.0. The lowest BCUT2D eigenvalue weighted by Crippen LogP contribution is -2.53. The second-order valence-corrected chi connectivity index (χ2v) is 8.20. The zero-order valence-corrected chi connectivity index (χ0v) is 18.4. The van der Waals surface area contributed by atoms with E-state index in [0.29, 0.717) is 23.1 Å². The Kier molecular flexibility index (Phi) is 5.20. The van der Waals surface area contributed by atoms with E-state index in [0.717, 1.165) is 4.52 Å². The van der Waals surface area contributed by atoms with Crippen LogP contribution in [0.5, 0.6) is 5.88 Å². The second-order valence-electron chi connectivity index (χ2n) is 8.20. The van der Waals surface area contributed by atoms with Crippen LogP contribution in [0.3, 0.4) is 0 Å². The van der Waals surface area contributed by atoms with Crippen molar-refractivity contribution in [2.75, 3.05) is 39.2 Å². The number of fused-ring (bicyclic) bond motifs is 2. The van der Waals surface area contributed by atoms with Gasteiger partial charge in [-0.2, -0.15) is 4.98 Å². The number of benzene rings is 1. The van der Waals surface area contributed by atoms with Crippen LogP contribution < -0.4 is 10.1 Å². The predicted octanol–water partition coefficient (Wildman–Crippen LogP) is 3.01. The maximum Gasteiger partial charge on any atom is 0.280 e. The molecule has 4 aromatic rings. The van der Waals surface area contributed by atoms with Crippen LogP contribution in [0.25, 0.3) is 27.7 Å². The molecule has 1 aromatic carbocycles. The van der Waals surface area contributed by atoms with E-state index in [1.807, 2.05) is 0 Å². The minimum absolute atomic E-state index is 0.0158. The highest BCUT2D eigenvalue weighted by molar-refractivity contribution is 5.89. The van der Waals surface area contributed by atoms with Gasteiger partial charge in [-0.1, -0.05) is 11.3 Å². The average molecular weight is 479 g/mol. The summed E-state index contributed by atoms with van der Waals surface area (Å²) >= 11 is 0. The van der Waals surface area contributed by atoms with Gasteiger partial charge in [-0.15, -0.1) is 10.2 Å². The zero-order valence-electron chi connectivity index (χ0n) is 19.4. The molecule has 1 N–H and O–H groups in total. The van der Waals surface area contributed by atoms with Crippen LogP contribution in [0.4, 0.5) is 23.5 Å². The number of piperidine rings is 1. The molecule has 5 rings (SSSR count). The smallest absolute Gasteiger partial charge is 0.280 e. The number of anilines is 1. The van der Waals surface area contributed by atoms with E-state index in [9.17, 15) is 13.2 Å². The van der Waals surface area contributed by atoms with Gasteiger partial charge < -0.3 is 15.0 Å². The van der Waals surface area contributed by atoms with Gasteiger partial charge in [-0.05, 0) is 31.2 Å². The van der Waals surface area contributed by atoms with Crippen molar-refractivity contribution in [3.63, 3.8) is 0 Å². The van der Waals surface area contributed by atoms with Crippen LogP contribution >= 0.6 is 0 Å². The summed E-state index contributed by atoms with van der Waals surface area (Å²) in [5.41, 5.74) is 1.36. The molecule has 180 valence electrons. The van der Waals surface area contributed by atoms with Crippen LogP contribution in [0.2, 0.25) is 0 Å². The molecule has 0 spiro atoms.